The van der Waals surface area contributed by atoms with Crippen LogP contribution in [0, 0.1) is 0 Å². The van der Waals surface area contributed by atoms with E-state index in [9.17, 15) is 9.90 Å². The van der Waals surface area contributed by atoms with Crippen LogP contribution in [-0.4, -0.2) is 34.2 Å². The van der Waals surface area contributed by atoms with E-state index >= 15 is 0 Å². The van der Waals surface area contributed by atoms with Crippen LogP contribution in [-0.2, 0) is 0 Å². The van der Waals surface area contributed by atoms with Crippen molar-refractivity contribution in [1.29, 1.82) is 0 Å². The zero-order valence-corrected chi connectivity index (χ0v) is 11.5. The van der Waals surface area contributed by atoms with Gasteiger partial charge in [0.2, 0.25) is 0 Å². The number of carboxylic acid groups (broad SMARTS) is 1. The molecule has 0 amide bonds. The standard InChI is InChI=1S/C15H15N3O3/c1-21-12-5-3-2-4-10(12)13-16-8-11(15(19)20)14(18-13)17-9-6-7-9/h2-5,8-9H,6-7H2,1H3,(H,19,20)(H,16,17,18). The molecule has 0 unspecified atom stereocenters. The minimum Gasteiger partial charge on any atom is -0.496 e. The van der Waals surface area contributed by atoms with Crippen molar-refractivity contribution in [2.45, 2.75) is 18.9 Å². The molecule has 0 radical (unpaired) electrons. The first kappa shape index (κ1) is 13.4. The van der Waals surface area contributed by atoms with E-state index in [0.717, 1.165) is 18.4 Å². The van der Waals surface area contributed by atoms with Gasteiger partial charge in [-0.1, -0.05) is 12.1 Å². The number of nitrogens with one attached hydrogen (secondary N) is 1. The molecular weight excluding hydrogens is 270 g/mol. The fourth-order valence-electron chi connectivity index (χ4n) is 2.03. The van der Waals surface area contributed by atoms with E-state index < -0.39 is 5.97 Å². The molecule has 0 atom stereocenters. The van der Waals surface area contributed by atoms with E-state index in [1.54, 1.807) is 7.11 Å². The predicted octanol–water partition coefficient (Wildman–Crippen LogP) is 2.42. The number of anilines is 1. The Morgan fingerprint density at radius 1 is 1.38 bits per heavy atom. The molecule has 0 bridgehead atoms. The van der Waals surface area contributed by atoms with Gasteiger partial charge in [-0.15, -0.1) is 0 Å². The maximum atomic E-state index is 11.2. The quantitative estimate of drug-likeness (QED) is 0.877. The molecule has 0 spiro atoms. The summed E-state index contributed by atoms with van der Waals surface area (Å²) in [5, 5.41) is 12.4. The van der Waals surface area contributed by atoms with Gasteiger partial charge < -0.3 is 15.2 Å². The van der Waals surface area contributed by atoms with Crippen LogP contribution >= 0.6 is 0 Å². The lowest BCUT2D eigenvalue weighted by Gasteiger charge is -2.11. The molecule has 1 saturated carbocycles. The van der Waals surface area contributed by atoms with Crippen LogP contribution in [0.3, 0.4) is 0 Å². The Morgan fingerprint density at radius 3 is 2.81 bits per heavy atom. The van der Waals surface area contributed by atoms with Gasteiger partial charge in [0.25, 0.3) is 0 Å². The van der Waals surface area contributed by atoms with Gasteiger partial charge in [-0.3, -0.25) is 0 Å². The molecule has 1 aliphatic rings. The molecule has 2 aromatic rings. The minimum atomic E-state index is -1.04. The summed E-state index contributed by atoms with van der Waals surface area (Å²) in [5.74, 6) is 0.421. The Morgan fingerprint density at radius 2 is 2.14 bits per heavy atom. The van der Waals surface area contributed by atoms with Gasteiger partial charge in [0, 0.05) is 12.2 Å². The van der Waals surface area contributed by atoms with Crippen molar-refractivity contribution in [2.24, 2.45) is 0 Å². The highest BCUT2D eigenvalue weighted by molar-refractivity contribution is 5.93. The lowest BCUT2D eigenvalue weighted by atomic mass is 10.2. The Kier molecular flexibility index (Phi) is 3.43. The third-order valence-electron chi connectivity index (χ3n) is 3.29. The number of hydrogen-bond donors (Lipinski definition) is 2. The molecule has 0 saturated heterocycles. The van der Waals surface area contributed by atoms with E-state index in [4.69, 9.17) is 4.74 Å². The topological polar surface area (TPSA) is 84.3 Å². The number of ether oxygens (including phenoxy) is 1. The van der Waals surface area contributed by atoms with Crippen LogP contribution in [0.25, 0.3) is 11.4 Å². The second-order valence-corrected chi connectivity index (χ2v) is 4.88. The molecule has 0 aliphatic heterocycles. The normalized spacial score (nSPS) is 13.8. The van der Waals surface area contributed by atoms with Gasteiger partial charge in [0.15, 0.2) is 5.82 Å². The highest BCUT2D eigenvalue weighted by Gasteiger charge is 2.25. The third kappa shape index (κ3) is 2.79. The van der Waals surface area contributed by atoms with Crippen molar-refractivity contribution >= 4 is 11.8 Å². The number of nitrogens with zero attached hydrogens (tertiary/aromatic N) is 2. The molecule has 1 heterocycles. The van der Waals surface area contributed by atoms with Gasteiger partial charge in [0.1, 0.15) is 17.1 Å². The number of aromatic nitrogens is 2. The summed E-state index contributed by atoms with van der Waals surface area (Å²) in [5.41, 5.74) is 0.816. The van der Waals surface area contributed by atoms with Gasteiger partial charge in [0.05, 0.1) is 12.7 Å². The predicted molar refractivity (Wildman–Crippen MR) is 77.6 cm³/mol. The number of hydrogen-bond acceptors (Lipinski definition) is 5. The maximum absolute atomic E-state index is 11.2. The maximum Gasteiger partial charge on any atom is 0.341 e. The van der Waals surface area contributed by atoms with E-state index in [1.807, 2.05) is 24.3 Å². The average molecular weight is 285 g/mol. The van der Waals surface area contributed by atoms with Crippen molar-refractivity contribution in [3.05, 3.63) is 36.0 Å². The van der Waals surface area contributed by atoms with E-state index in [1.165, 1.54) is 6.20 Å². The average Bonchev–Trinajstić information content (AvgIpc) is 3.31. The fraction of sp³-hybridized carbons (Fsp3) is 0.267. The lowest BCUT2D eigenvalue weighted by molar-refractivity contribution is 0.0697. The number of benzene rings is 1. The summed E-state index contributed by atoms with van der Waals surface area (Å²) >= 11 is 0. The highest BCUT2D eigenvalue weighted by atomic mass is 16.5. The molecule has 2 N–H and O–H groups in total. The number of aromatic carboxylic acids is 1. The zero-order valence-electron chi connectivity index (χ0n) is 11.5. The van der Waals surface area contributed by atoms with Crippen LogP contribution in [0.5, 0.6) is 5.75 Å². The number of methoxy groups -OCH3 is 1. The van der Waals surface area contributed by atoms with E-state index in [0.29, 0.717) is 23.4 Å². The summed E-state index contributed by atoms with van der Waals surface area (Å²) in [7, 11) is 1.58. The van der Waals surface area contributed by atoms with Crippen molar-refractivity contribution in [2.75, 3.05) is 12.4 Å². The zero-order chi connectivity index (χ0) is 14.8. The second-order valence-electron chi connectivity index (χ2n) is 4.88. The molecule has 1 aliphatic carbocycles. The van der Waals surface area contributed by atoms with Crippen molar-refractivity contribution in [1.82, 2.24) is 9.97 Å². The highest BCUT2D eigenvalue weighted by Crippen LogP contribution is 2.30. The summed E-state index contributed by atoms with van der Waals surface area (Å²) in [6.07, 6.45) is 3.40. The van der Waals surface area contributed by atoms with Crippen LogP contribution in [0.4, 0.5) is 5.82 Å². The first-order valence-corrected chi connectivity index (χ1v) is 6.69. The molecule has 6 heteroatoms. The lowest BCUT2D eigenvalue weighted by Crippen LogP contribution is -2.11. The van der Waals surface area contributed by atoms with Gasteiger partial charge in [-0.05, 0) is 25.0 Å². The molecule has 1 fully saturated rings. The van der Waals surface area contributed by atoms with E-state index in [-0.39, 0.29) is 5.56 Å². The molecule has 1 aromatic carbocycles. The van der Waals surface area contributed by atoms with Crippen molar-refractivity contribution < 1.29 is 14.6 Å². The largest absolute Gasteiger partial charge is 0.496 e. The Bertz CT molecular complexity index is 684. The summed E-state index contributed by atoms with van der Waals surface area (Å²) in [6.45, 7) is 0. The fourth-order valence-corrected chi connectivity index (χ4v) is 2.03. The summed E-state index contributed by atoms with van der Waals surface area (Å²) in [4.78, 5) is 19.8. The van der Waals surface area contributed by atoms with Crippen LogP contribution in [0.1, 0.15) is 23.2 Å². The molecule has 21 heavy (non-hydrogen) atoms. The molecular formula is C15H15N3O3. The Balaban J connectivity index is 2.04. The van der Waals surface area contributed by atoms with Crippen LogP contribution in [0.2, 0.25) is 0 Å². The number of carboxylic acids is 1. The molecule has 3 rings (SSSR count). The monoisotopic (exact) mass is 285 g/mol. The SMILES string of the molecule is COc1ccccc1-c1ncc(C(=O)O)c(NC2CC2)n1. The Labute approximate surface area is 121 Å². The second kappa shape index (κ2) is 5.40. The van der Waals surface area contributed by atoms with Crippen LogP contribution < -0.4 is 10.1 Å². The molecule has 1 aromatic heterocycles. The smallest absolute Gasteiger partial charge is 0.341 e. The minimum absolute atomic E-state index is 0.0838. The van der Waals surface area contributed by atoms with Gasteiger partial charge >= 0.3 is 5.97 Å². The molecule has 108 valence electrons. The molecule has 6 nitrogen and oxygen atoms in total. The Hall–Kier alpha value is -2.63. The first-order valence-electron chi connectivity index (χ1n) is 6.69. The first-order chi connectivity index (χ1) is 10.2. The van der Waals surface area contributed by atoms with Gasteiger partial charge in [-0.25, -0.2) is 14.8 Å². The summed E-state index contributed by atoms with van der Waals surface area (Å²) in [6, 6.07) is 7.69. The van der Waals surface area contributed by atoms with Crippen LogP contribution in [0.15, 0.2) is 30.5 Å². The third-order valence-corrected chi connectivity index (χ3v) is 3.29. The van der Waals surface area contributed by atoms with Crippen molar-refractivity contribution in [3.8, 4) is 17.1 Å². The summed E-state index contributed by atoms with van der Waals surface area (Å²) < 4.78 is 5.29. The number of rotatable bonds is 5. The van der Waals surface area contributed by atoms with Gasteiger partial charge in [-0.2, -0.15) is 0 Å². The van der Waals surface area contributed by atoms with Crippen molar-refractivity contribution in [3.63, 3.8) is 0 Å². The van der Waals surface area contributed by atoms with E-state index in [2.05, 4.69) is 15.3 Å². The number of para-hydroxylation sites is 1. The number of carbonyl (C=O) groups is 1.